The minimum atomic E-state index is -0.376. The Labute approximate surface area is 123 Å². The molecule has 2 amide bonds. The van der Waals surface area contributed by atoms with E-state index in [1.807, 2.05) is 30.3 Å². The number of hydrogen-bond acceptors (Lipinski definition) is 3. The molecule has 1 aliphatic heterocycles. The van der Waals surface area contributed by atoms with Crippen molar-refractivity contribution in [3.05, 3.63) is 42.1 Å². The fraction of sp³-hybridized carbons (Fsp3) is 0.312. The lowest BCUT2D eigenvalue weighted by molar-refractivity contribution is 0.198. The Hall–Kier alpha value is -2.43. The summed E-state index contributed by atoms with van der Waals surface area (Å²) in [5.74, 6) is 0.561. The summed E-state index contributed by atoms with van der Waals surface area (Å²) in [7, 11) is 0. The van der Waals surface area contributed by atoms with Crippen LogP contribution in [0.15, 0.2) is 36.5 Å². The minimum Gasteiger partial charge on any atom is -0.310 e. The number of aromatic nitrogens is 1. The maximum absolute atomic E-state index is 12.1. The van der Waals surface area contributed by atoms with Gasteiger partial charge in [-0.1, -0.05) is 38.1 Å². The summed E-state index contributed by atoms with van der Waals surface area (Å²) in [6, 6.07) is 9.19. The predicted octanol–water partition coefficient (Wildman–Crippen LogP) is 2.93. The summed E-state index contributed by atoms with van der Waals surface area (Å²) in [6.07, 6.45) is 1.74. The number of amidine groups is 1. The summed E-state index contributed by atoms with van der Waals surface area (Å²) < 4.78 is 0. The van der Waals surface area contributed by atoms with Gasteiger partial charge in [0.1, 0.15) is 11.9 Å². The molecule has 1 unspecified atom stereocenters. The minimum absolute atomic E-state index is 0.202. The zero-order valence-corrected chi connectivity index (χ0v) is 12.1. The average molecular weight is 282 g/mol. The third-order valence-electron chi connectivity index (χ3n) is 3.61. The van der Waals surface area contributed by atoms with Gasteiger partial charge >= 0.3 is 6.03 Å². The number of carbonyl (C=O) groups excluding carboxylic acids is 1. The van der Waals surface area contributed by atoms with Gasteiger partial charge in [0.25, 0.3) is 0 Å². The van der Waals surface area contributed by atoms with E-state index >= 15 is 0 Å². The van der Waals surface area contributed by atoms with E-state index in [1.54, 1.807) is 11.1 Å². The molecule has 1 aromatic carbocycles. The first-order chi connectivity index (χ1) is 10.1. The number of nitrogens with one attached hydrogen (secondary N) is 2. The number of pyridine rings is 1. The van der Waals surface area contributed by atoms with E-state index in [0.717, 1.165) is 16.5 Å². The molecule has 0 radical (unpaired) electrons. The van der Waals surface area contributed by atoms with Gasteiger partial charge in [-0.25, -0.2) is 4.79 Å². The van der Waals surface area contributed by atoms with Crippen LogP contribution in [0.2, 0.25) is 0 Å². The van der Waals surface area contributed by atoms with Crippen LogP contribution < -0.4 is 5.32 Å². The predicted molar refractivity (Wildman–Crippen MR) is 82.3 cm³/mol. The second kappa shape index (κ2) is 5.16. The molecule has 5 heteroatoms. The lowest BCUT2D eigenvalue weighted by Crippen LogP contribution is -2.33. The molecule has 108 valence electrons. The normalized spacial score (nSPS) is 18.6. The Balaban J connectivity index is 2.11. The molecule has 2 heterocycles. The molecule has 0 saturated carbocycles. The van der Waals surface area contributed by atoms with Gasteiger partial charge in [0, 0.05) is 23.7 Å². The molecule has 0 aliphatic carbocycles. The fourth-order valence-corrected chi connectivity index (χ4v) is 2.78. The second-order valence-corrected chi connectivity index (χ2v) is 5.71. The molecule has 3 rings (SSSR count). The highest BCUT2D eigenvalue weighted by atomic mass is 16.2. The third kappa shape index (κ3) is 2.35. The molecule has 1 aromatic heterocycles. The summed E-state index contributed by atoms with van der Waals surface area (Å²) >= 11 is 0. The lowest BCUT2D eigenvalue weighted by atomic mass is 10.0. The van der Waals surface area contributed by atoms with E-state index in [9.17, 15) is 4.79 Å². The lowest BCUT2D eigenvalue weighted by Gasteiger charge is -2.25. The zero-order valence-electron chi connectivity index (χ0n) is 12.1. The van der Waals surface area contributed by atoms with Crippen LogP contribution in [0.1, 0.15) is 25.5 Å². The van der Waals surface area contributed by atoms with E-state index in [2.05, 4.69) is 24.1 Å². The Kier molecular flexibility index (Phi) is 3.33. The summed E-state index contributed by atoms with van der Waals surface area (Å²) in [5, 5.41) is 11.8. The molecule has 0 spiro atoms. The number of urea groups is 1. The Morgan fingerprint density at radius 1 is 1.33 bits per heavy atom. The van der Waals surface area contributed by atoms with Crippen LogP contribution in [0.5, 0.6) is 0 Å². The van der Waals surface area contributed by atoms with Crippen molar-refractivity contribution in [3.63, 3.8) is 0 Å². The van der Waals surface area contributed by atoms with Crippen LogP contribution in [-0.2, 0) is 0 Å². The monoisotopic (exact) mass is 282 g/mol. The van der Waals surface area contributed by atoms with Gasteiger partial charge in [0.2, 0.25) is 0 Å². The molecule has 1 fully saturated rings. The van der Waals surface area contributed by atoms with Crippen molar-refractivity contribution in [2.24, 2.45) is 5.92 Å². The first-order valence-electron chi connectivity index (χ1n) is 7.07. The molecule has 0 bridgehead atoms. The van der Waals surface area contributed by atoms with Crippen LogP contribution in [-0.4, -0.2) is 28.3 Å². The van der Waals surface area contributed by atoms with Crippen molar-refractivity contribution in [2.45, 2.75) is 19.9 Å². The van der Waals surface area contributed by atoms with Crippen molar-refractivity contribution in [2.75, 3.05) is 6.54 Å². The van der Waals surface area contributed by atoms with Crippen molar-refractivity contribution < 1.29 is 4.79 Å². The summed E-state index contributed by atoms with van der Waals surface area (Å²) in [6.45, 7) is 4.74. The molecule has 21 heavy (non-hydrogen) atoms. The molecule has 1 saturated heterocycles. The smallest absolute Gasteiger partial charge is 0.310 e. The Bertz CT molecular complexity index is 705. The molecule has 2 N–H and O–H groups in total. The number of para-hydroxylation sites is 1. The number of benzene rings is 1. The third-order valence-corrected chi connectivity index (χ3v) is 3.61. The van der Waals surface area contributed by atoms with Crippen LogP contribution in [0.4, 0.5) is 4.79 Å². The number of fused-ring (bicyclic) bond motifs is 1. The highest BCUT2D eigenvalue weighted by molar-refractivity contribution is 6.07. The van der Waals surface area contributed by atoms with Crippen molar-refractivity contribution in [3.8, 4) is 0 Å². The molecule has 1 atom stereocenters. The largest absolute Gasteiger partial charge is 0.323 e. The van der Waals surface area contributed by atoms with Gasteiger partial charge in [0.05, 0.1) is 5.52 Å². The number of rotatable bonds is 3. The Morgan fingerprint density at radius 2 is 2.10 bits per heavy atom. The van der Waals surface area contributed by atoms with Gasteiger partial charge in [-0.15, -0.1) is 0 Å². The van der Waals surface area contributed by atoms with Gasteiger partial charge in [0.15, 0.2) is 0 Å². The maximum Gasteiger partial charge on any atom is 0.323 e. The van der Waals surface area contributed by atoms with Crippen molar-refractivity contribution >= 4 is 22.8 Å². The summed E-state index contributed by atoms with van der Waals surface area (Å²) in [5.41, 5.74) is 1.75. The average Bonchev–Trinajstić information content (AvgIpc) is 2.72. The van der Waals surface area contributed by atoms with Gasteiger partial charge in [-0.3, -0.25) is 15.7 Å². The second-order valence-electron chi connectivity index (χ2n) is 5.71. The number of nitrogens with zero attached hydrogens (tertiary/aromatic N) is 2. The van der Waals surface area contributed by atoms with Gasteiger partial charge in [-0.2, -0.15) is 0 Å². The molecule has 5 nitrogen and oxygen atoms in total. The van der Waals surface area contributed by atoms with E-state index < -0.39 is 0 Å². The highest BCUT2D eigenvalue weighted by Gasteiger charge is 2.37. The topological polar surface area (TPSA) is 69.1 Å². The molecular formula is C16H18N4O. The van der Waals surface area contributed by atoms with Crippen LogP contribution in [0, 0.1) is 11.3 Å². The standard InChI is InChI=1S/C16H18N4O/c1-10(2)9-20-14(15(17)19-16(20)21)12-7-3-5-11-6-4-8-18-13(11)12/h3-8,10,14H,9H2,1-2H3,(H2,17,19,21). The SMILES string of the molecule is CC(C)CN1C(=O)NC(=N)C1c1cccc2cccnc12. The van der Waals surface area contributed by atoms with E-state index in [-0.39, 0.29) is 17.9 Å². The summed E-state index contributed by atoms with van der Waals surface area (Å²) in [4.78, 5) is 18.2. The highest BCUT2D eigenvalue weighted by Crippen LogP contribution is 2.31. The molecule has 2 aromatic rings. The first kappa shape index (κ1) is 13.5. The fourth-order valence-electron chi connectivity index (χ4n) is 2.78. The van der Waals surface area contributed by atoms with E-state index in [1.165, 1.54) is 0 Å². The zero-order chi connectivity index (χ0) is 15.0. The van der Waals surface area contributed by atoms with Crippen LogP contribution in [0.25, 0.3) is 10.9 Å². The van der Waals surface area contributed by atoms with Crippen LogP contribution in [0.3, 0.4) is 0 Å². The maximum atomic E-state index is 12.1. The number of hydrogen-bond donors (Lipinski definition) is 2. The van der Waals surface area contributed by atoms with E-state index in [4.69, 9.17) is 5.41 Å². The van der Waals surface area contributed by atoms with E-state index in [0.29, 0.717) is 12.5 Å². The molecular weight excluding hydrogens is 264 g/mol. The van der Waals surface area contributed by atoms with Crippen molar-refractivity contribution in [1.82, 2.24) is 15.2 Å². The van der Waals surface area contributed by atoms with Crippen LogP contribution >= 0.6 is 0 Å². The number of carbonyl (C=O) groups is 1. The van der Waals surface area contributed by atoms with Crippen molar-refractivity contribution in [1.29, 1.82) is 5.41 Å². The van der Waals surface area contributed by atoms with Gasteiger partial charge in [-0.05, 0) is 12.0 Å². The molecule has 1 aliphatic rings. The quantitative estimate of drug-likeness (QED) is 0.908. The first-order valence-corrected chi connectivity index (χ1v) is 7.07. The van der Waals surface area contributed by atoms with Gasteiger partial charge < -0.3 is 4.90 Å². The Morgan fingerprint density at radius 3 is 2.86 bits per heavy atom. The number of amides is 2.